The van der Waals surface area contributed by atoms with Crippen molar-refractivity contribution in [3.05, 3.63) is 53.6 Å². The molecule has 0 saturated carbocycles. The molecule has 0 fully saturated rings. The quantitative estimate of drug-likeness (QED) is 0.873. The summed E-state index contributed by atoms with van der Waals surface area (Å²) in [7, 11) is 1.87. The van der Waals surface area contributed by atoms with Crippen LogP contribution in [0.4, 0.5) is 0 Å². The monoisotopic (exact) mass is 244 g/mol. The van der Waals surface area contributed by atoms with Crippen LogP contribution >= 0.6 is 0 Å². The number of hydrogen-bond acceptors (Lipinski definition) is 2. The van der Waals surface area contributed by atoms with E-state index in [2.05, 4.69) is 17.1 Å². The number of hydrogen-bond donors (Lipinski definition) is 1. The Labute approximate surface area is 106 Å². The van der Waals surface area contributed by atoms with Crippen LogP contribution in [0.3, 0.4) is 0 Å². The maximum Gasteiger partial charge on any atom is 0.309 e. The maximum absolute atomic E-state index is 10.7. The minimum absolute atomic E-state index is 0.0227. The molecule has 1 heterocycles. The molecule has 0 aliphatic heterocycles. The average molecular weight is 244 g/mol. The normalized spacial score (nSPS) is 10.5. The highest BCUT2D eigenvalue weighted by Crippen LogP contribution is 2.08. The fourth-order valence-corrected chi connectivity index (χ4v) is 1.94. The molecule has 0 radical (unpaired) electrons. The number of aromatic nitrogens is 2. The first-order valence-electron chi connectivity index (χ1n) is 5.92. The number of nitrogens with zero attached hydrogens (tertiary/aromatic N) is 2. The Morgan fingerprint density at radius 3 is 2.67 bits per heavy atom. The van der Waals surface area contributed by atoms with Gasteiger partial charge in [0.15, 0.2) is 0 Å². The van der Waals surface area contributed by atoms with Gasteiger partial charge in [0.2, 0.25) is 0 Å². The van der Waals surface area contributed by atoms with Crippen molar-refractivity contribution in [2.45, 2.75) is 19.3 Å². The van der Waals surface area contributed by atoms with E-state index in [9.17, 15) is 4.79 Å². The van der Waals surface area contributed by atoms with Crippen LogP contribution in [0.2, 0.25) is 0 Å². The third-order valence-corrected chi connectivity index (χ3v) is 2.99. The molecule has 0 aliphatic rings. The van der Waals surface area contributed by atoms with Gasteiger partial charge in [-0.15, -0.1) is 0 Å². The summed E-state index contributed by atoms with van der Waals surface area (Å²) < 4.78 is 1.87. The second-order valence-electron chi connectivity index (χ2n) is 4.28. The molecular formula is C14H16N2O2. The molecule has 0 atom stereocenters. The van der Waals surface area contributed by atoms with E-state index in [4.69, 9.17) is 5.11 Å². The van der Waals surface area contributed by atoms with Crippen LogP contribution in [-0.2, 0) is 31.1 Å². The van der Waals surface area contributed by atoms with Gasteiger partial charge in [-0.2, -0.15) is 0 Å². The molecule has 4 nitrogen and oxygen atoms in total. The van der Waals surface area contributed by atoms with Gasteiger partial charge in [-0.25, -0.2) is 4.98 Å². The third kappa shape index (κ3) is 2.97. The number of carboxylic acid groups (broad SMARTS) is 1. The van der Waals surface area contributed by atoms with Gasteiger partial charge in [0.25, 0.3) is 0 Å². The Balaban J connectivity index is 2.02. The van der Waals surface area contributed by atoms with Crippen molar-refractivity contribution < 1.29 is 9.90 Å². The minimum atomic E-state index is -0.826. The predicted molar refractivity (Wildman–Crippen MR) is 68.4 cm³/mol. The lowest BCUT2D eigenvalue weighted by atomic mass is 10.1. The zero-order chi connectivity index (χ0) is 13.0. The van der Waals surface area contributed by atoms with Crippen molar-refractivity contribution in [3.8, 4) is 0 Å². The van der Waals surface area contributed by atoms with Gasteiger partial charge in [-0.1, -0.05) is 30.3 Å². The van der Waals surface area contributed by atoms with E-state index in [1.54, 1.807) is 6.20 Å². The van der Waals surface area contributed by atoms with Gasteiger partial charge >= 0.3 is 5.97 Å². The summed E-state index contributed by atoms with van der Waals surface area (Å²) in [5.74, 6) is 0.0997. The molecule has 2 aromatic rings. The fraction of sp³-hybridized carbons (Fsp3) is 0.286. The molecule has 4 heteroatoms. The summed E-state index contributed by atoms with van der Waals surface area (Å²) in [5.41, 5.74) is 2.01. The number of carboxylic acids is 1. The first kappa shape index (κ1) is 12.4. The fourth-order valence-electron chi connectivity index (χ4n) is 1.94. The number of imidazole rings is 1. The van der Waals surface area contributed by atoms with E-state index in [0.29, 0.717) is 0 Å². The van der Waals surface area contributed by atoms with Crippen molar-refractivity contribution in [2.75, 3.05) is 0 Å². The Morgan fingerprint density at radius 2 is 2.00 bits per heavy atom. The number of aryl methyl sites for hydroxylation is 2. The zero-order valence-corrected chi connectivity index (χ0v) is 10.3. The smallest absolute Gasteiger partial charge is 0.309 e. The van der Waals surface area contributed by atoms with Crippen molar-refractivity contribution in [1.82, 2.24) is 9.55 Å². The lowest BCUT2D eigenvalue weighted by Crippen LogP contribution is -2.08. The summed E-state index contributed by atoms with van der Waals surface area (Å²) >= 11 is 0. The Bertz CT molecular complexity index is 532. The lowest BCUT2D eigenvalue weighted by molar-refractivity contribution is -0.136. The van der Waals surface area contributed by atoms with E-state index in [0.717, 1.165) is 24.4 Å². The molecule has 0 aliphatic carbocycles. The van der Waals surface area contributed by atoms with Crippen LogP contribution in [0.1, 0.15) is 17.1 Å². The summed E-state index contributed by atoms with van der Waals surface area (Å²) in [5, 5.41) is 8.77. The second-order valence-corrected chi connectivity index (χ2v) is 4.28. The average Bonchev–Trinajstić information content (AvgIpc) is 2.69. The van der Waals surface area contributed by atoms with Gasteiger partial charge < -0.3 is 9.67 Å². The van der Waals surface area contributed by atoms with Gasteiger partial charge in [0.05, 0.1) is 6.42 Å². The van der Waals surface area contributed by atoms with Gasteiger partial charge in [-0.05, 0) is 12.0 Å². The standard InChI is InChI=1S/C14H16N2O2/c1-16-12(9-14(17)18)10-15-13(16)8-7-11-5-3-2-4-6-11/h2-6,10H,7-9H2,1H3,(H,17,18). The van der Waals surface area contributed by atoms with Gasteiger partial charge in [0.1, 0.15) is 5.82 Å². The Hall–Kier alpha value is -2.10. The molecule has 1 N–H and O–H groups in total. The van der Waals surface area contributed by atoms with Crippen LogP contribution in [0.15, 0.2) is 36.5 Å². The van der Waals surface area contributed by atoms with E-state index >= 15 is 0 Å². The molecule has 0 amide bonds. The highest BCUT2D eigenvalue weighted by Gasteiger charge is 2.09. The Kier molecular flexibility index (Phi) is 3.77. The highest BCUT2D eigenvalue weighted by molar-refractivity contribution is 5.69. The van der Waals surface area contributed by atoms with Crippen LogP contribution < -0.4 is 0 Å². The summed E-state index contributed by atoms with van der Waals surface area (Å²) in [6.07, 6.45) is 3.40. The molecule has 18 heavy (non-hydrogen) atoms. The topological polar surface area (TPSA) is 55.1 Å². The molecule has 1 aromatic carbocycles. The Morgan fingerprint density at radius 1 is 1.28 bits per heavy atom. The first-order valence-corrected chi connectivity index (χ1v) is 5.92. The van der Waals surface area contributed by atoms with Crippen molar-refractivity contribution in [2.24, 2.45) is 7.05 Å². The van der Waals surface area contributed by atoms with Crippen molar-refractivity contribution in [1.29, 1.82) is 0 Å². The highest BCUT2D eigenvalue weighted by atomic mass is 16.4. The molecular weight excluding hydrogens is 228 g/mol. The third-order valence-electron chi connectivity index (χ3n) is 2.99. The summed E-state index contributed by atoms with van der Waals surface area (Å²) in [6, 6.07) is 10.2. The first-order chi connectivity index (χ1) is 8.66. The molecule has 0 spiro atoms. The van der Waals surface area contributed by atoms with Crippen molar-refractivity contribution in [3.63, 3.8) is 0 Å². The second kappa shape index (κ2) is 5.49. The predicted octanol–water partition coefficient (Wildman–Crippen LogP) is 1.83. The van der Waals surface area contributed by atoms with Crippen LogP contribution in [-0.4, -0.2) is 20.6 Å². The number of benzene rings is 1. The number of rotatable bonds is 5. The minimum Gasteiger partial charge on any atom is -0.481 e. The molecule has 2 rings (SSSR count). The summed E-state index contributed by atoms with van der Waals surface area (Å²) in [6.45, 7) is 0. The van der Waals surface area contributed by atoms with Crippen LogP contribution in [0.5, 0.6) is 0 Å². The van der Waals surface area contributed by atoms with Gasteiger partial charge in [0, 0.05) is 25.4 Å². The lowest BCUT2D eigenvalue weighted by Gasteiger charge is -2.04. The SMILES string of the molecule is Cn1c(CC(=O)O)cnc1CCc1ccccc1. The number of carbonyl (C=O) groups is 1. The maximum atomic E-state index is 10.7. The molecule has 0 saturated heterocycles. The van der Waals surface area contributed by atoms with E-state index in [-0.39, 0.29) is 6.42 Å². The van der Waals surface area contributed by atoms with Crippen molar-refractivity contribution >= 4 is 5.97 Å². The summed E-state index contributed by atoms with van der Waals surface area (Å²) in [4.78, 5) is 15.0. The van der Waals surface area contributed by atoms with Gasteiger partial charge in [-0.3, -0.25) is 4.79 Å². The molecule has 1 aromatic heterocycles. The van der Waals surface area contributed by atoms with E-state index in [1.165, 1.54) is 5.56 Å². The molecule has 94 valence electrons. The van der Waals surface area contributed by atoms with E-state index in [1.807, 2.05) is 29.8 Å². The largest absolute Gasteiger partial charge is 0.481 e. The van der Waals surface area contributed by atoms with E-state index < -0.39 is 5.97 Å². The van der Waals surface area contributed by atoms with Crippen LogP contribution in [0.25, 0.3) is 0 Å². The zero-order valence-electron chi connectivity index (χ0n) is 10.3. The van der Waals surface area contributed by atoms with Crippen LogP contribution in [0, 0.1) is 0 Å². The number of aliphatic carboxylic acids is 1. The molecule has 0 unspecified atom stereocenters. The molecule has 0 bridgehead atoms.